The van der Waals surface area contributed by atoms with Gasteiger partial charge in [0.2, 0.25) is 0 Å². The molecule has 0 spiro atoms. The molecule has 0 saturated heterocycles. The standard InChI is InChI=1S/C16H32N2O2/c1-5-9-17-16(3,15(19)20)8-6-7-10-18(4)12-14-11-13(14)2/h13-14,17H,5-12H2,1-4H3,(H,19,20). The maximum atomic E-state index is 11.4. The van der Waals surface area contributed by atoms with Gasteiger partial charge in [-0.1, -0.05) is 13.8 Å². The van der Waals surface area contributed by atoms with E-state index in [9.17, 15) is 9.90 Å². The zero-order valence-corrected chi connectivity index (χ0v) is 13.6. The SMILES string of the molecule is CCCNC(C)(CCCCN(C)CC1CC1C)C(=O)O. The molecule has 2 N–H and O–H groups in total. The summed E-state index contributed by atoms with van der Waals surface area (Å²) in [5, 5.41) is 12.5. The van der Waals surface area contributed by atoms with Gasteiger partial charge in [0.15, 0.2) is 0 Å². The van der Waals surface area contributed by atoms with Crippen molar-refractivity contribution in [1.29, 1.82) is 0 Å². The van der Waals surface area contributed by atoms with Crippen LogP contribution < -0.4 is 5.32 Å². The van der Waals surface area contributed by atoms with Crippen LogP contribution in [0.3, 0.4) is 0 Å². The third kappa shape index (κ3) is 5.80. The number of nitrogens with zero attached hydrogens (tertiary/aromatic N) is 1. The summed E-state index contributed by atoms with van der Waals surface area (Å²) in [4.78, 5) is 13.8. The van der Waals surface area contributed by atoms with Crippen molar-refractivity contribution < 1.29 is 9.90 Å². The molecule has 4 nitrogen and oxygen atoms in total. The third-order valence-corrected chi connectivity index (χ3v) is 4.53. The molecule has 0 aromatic heterocycles. The number of hydrogen-bond donors (Lipinski definition) is 2. The molecule has 0 radical (unpaired) electrons. The average Bonchev–Trinajstić information content (AvgIpc) is 3.07. The first-order chi connectivity index (χ1) is 9.39. The lowest BCUT2D eigenvalue weighted by molar-refractivity contribution is -0.144. The first-order valence-corrected chi connectivity index (χ1v) is 8.06. The van der Waals surface area contributed by atoms with Gasteiger partial charge in [0, 0.05) is 6.54 Å². The molecule has 1 fully saturated rings. The second-order valence-corrected chi connectivity index (χ2v) is 6.76. The molecule has 0 heterocycles. The Kier molecular flexibility index (Phi) is 6.96. The number of carbonyl (C=O) groups is 1. The largest absolute Gasteiger partial charge is 0.480 e. The van der Waals surface area contributed by atoms with Crippen LogP contribution in [-0.2, 0) is 4.79 Å². The zero-order valence-electron chi connectivity index (χ0n) is 13.6. The highest BCUT2D eigenvalue weighted by atomic mass is 16.4. The molecular weight excluding hydrogens is 252 g/mol. The quantitative estimate of drug-likeness (QED) is 0.573. The van der Waals surface area contributed by atoms with E-state index in [1.807, 2.05) is 0 Å². The number of carboxylic acid groups (broad SMARTS) is 1. The maximum absolute atomic E-state index is 11.4. The Morgan fingerprint density at radius 1 is 1.45 bits per heavy atom. The van der Waals surface area contributed by atoms with E-state index in [1.54, 1.807) is 6.92 Å². The second kappa shape index (κ2) is 7.99. The van der Waals surface area contributed by atoms with Crippen LogP contribution in [0.5, 0.6) is 0 Å². The smallest absolute Gasteiger partial charge is 0.323 e. The van der Waals surface area contributed by atoms with Gasteiger partial charge in [-0.25, -0.2) is 0 Å². The summed E-state index contributed by atoms with van der Waals surface area (Å²) in [6.07, 6.45) is 5.09. The van der Waals surface area contributed by atoms with Crippen LogP contribution in [0.25, 0.3) is 0 Å². The maximum Gasteiger partial charge on any atom is 0.323 e. The van der Waals surface area contributed by atoms with E-state index in [0.29, 0.717) is 6.42 Å². The number of carboxylic acids is 1. The summed E-state index contributed by atoms with van der Waals surface area (Å²) in [5.74, 6) is 1.08. The first kappa shape index (κ1) is 17.4. The molecule has 0 aliphatic heterocycles. The monoisotopic (exact) mass is 284 g/mol. The Balaban J connectivity index is 2.18. The van der Waals surface area contributed by atoms with Crippen LogP contribution in [0.15, 0.2) is 0 Å². The third-order valence-electron chi connectivity index (χ3n) is 4.53. The highest BCUT2D eigenvalue weighted by Crippen LogP contribution is 2.37. The van der Waals surface area contributed by atoms with Gasteiger partial charge in [-0.2, -0.15) is 0 Å². The molecule has 0 aromatic carbocycles. The average molecular weight is 284 g/mol. The van der Waals surface area contributed by atoms with Crippen LogP contribution in [0, 0.1) is 11.8 Å². The number of nitrogens with one attached hydrogen (secondary N) is 1. The number of hydrogen-bond acceptors (Lipinski definition) is 3. The molecule has 4 heteroatoms. The highest BCUT2D eigenvalue weighted by Gasteiger charge is 2.33. The van der Waals surface area contributed by atoms with E-state index in [2.05, 4.69) is 31.1 Å². The summed E-state index contributed by atoms with van der Waals surface area (Å²) in [6.45, 7) is 9.22. The van der Waals surface area contributed by atoms with Gasteiger partial charge in [-0.3, -0.25) is 4.79 Å². The first-order valence-electron chi connectivity index (χ1n) is 8.06. The Hall–Kier alpha value is -0.610. The predicted molar refractivity (Wildman–Crippen MR) is 83.0 cm³/mol. The van der Waals surface area contributed by atoms with Gasteiger partial charge in [-0.05, 0) is 71.0 Å². The molecule has 3 unspecified atom stereocenters. The van der Waals surface area contributed by atoms with Gasteiger partial charge >= 0.3 is 5.97 Å². The molecule has 1 saturated carbocycles. The minimum atomic E-state index is -0.764. The van der Waals surface area contributed by atoms with Gasteiger partial charge in [0.25, 0.3) is 0 Å². The van der Waals surface area contributed by atoms with Crippen LogP contribution >= 0.6 is 0 Å². The normalized spacial score (nSPS) is 24.6. The summed E-state index contributed by atoms with van der Waals surface area (Å²) in [6, 6.07) is 0. The van der Waals surface area contributed by atoms with E-state index in [-0.39, 0.29) is 0 Å². The van der Waals surface area contributed by atoms with E-state index < -0.39 is 11.5 Å². The molecule has 0 aromatic rings. The fourth-order valence-corrected chi connectivity index (χ4v) is 2.68. The lowest BCUT2D eigenvalue weighted by atomic mass is 9.94. The van der Waals surface area contributed by atoms with E-state index in [0.717, 1.165) is 44.2 Å². The summed E-state index contributed by atoms with van der Waals surface area (Å²) in [5.41, 5.74) is -0.764. The molecule has 1 aliphatic rings. The van der Waals surface area contributed by atoms with Crippen molar-refractivity contribution in [3.05, 3.63) is 0 Å². The minimum Gasteiger partial charge on any atom is -0.480 e. The number of aliphatic carboxylic acids is 1. The Bertz CT molecular complexity index is 309. The van der Waals surface area contributed by atoms with Gasteiger partial charge in [-0.15, -0.1) is 0 Å². The molecule has 20 heavy (non-hydrogen) atoms. The Labute approximate surface area is 123 Å². The molecule has 3 atom stereocenters. The Morgan fingerprint density at radius 2 is 2.10 bits per heavy atom. The highest BCUT2D eigenvalue weighted by molar-refractivity contribution is 5.78. The van der Waals surface area contributed by atoms with E-state index in [1.165, 1.54) is 13.0 Å². The predicted octanol–water partition coefficient (Wildman–Crippen LogP) is 2.59. The van der Waals surface area contributed by atoms with E-state index in [4.69, 9.17) is 0 Å². The van der Waals surface area contributed by atoms with Crippen LogP contribution in [0.1, 0.15) is 52.9 Å². The van der Waals surface area contributed by atoms with Crippen molar-refractivity contribution in [2.45, 2.75) is 58.4 Å². The molecule has 118 valence electrons. The van der Waals surface area contributed by atoms with Crippen molar-refractivity contribution >= 4 is 5.97 Å². The molecule has 1 rings (SSSR count). The molecule has 0 bridgehead atoms. The number of unbranched alkanes of at least 4 members (excludes halogenated alkanes) is 1. The number of rotatable bonds is 11. The van der Waals surface area contributed by atoms with Gasteiger partial charge in [0.1, 0.15) is 5.54 Å². The van der Waals surface area contributed by atoms with Crippen molar-refractivity contribution in [1.82, 2.24) is 10.2 Å². The van der Waals surface area contributed by atoms with Crippen molar-refractivity contribution in [3.63, 3.8) is 0 Å². The van der Waals surface area contributed by atoms with Crippen molar-refractivity contribution in [2.24, 2.45) is 11.8 Å². The van der Waals surface area contributed by atoms with Crippen molar-refractivity contribution in [2.75, 3.05) is 26.7 Å². The lowest BCUT2D eigenvalue weighted by Gasteiger charge is -2.26. The topological polar surface area (TPSA) is 52.6 Å². The van der Waals surface area contributed by atoms with Gasteiger partial charge < -0.3 is 15.3 Å². The van der Waals surface area contributed by atoms with Gasteiger partial charge in [0.05, 0.1) is 0 Å². The van der Waals surface area contributed by atoms with Crippen LogP contribution in [0.2, 0.25) is 0 Å². The molecular formula is C16H32N2O2. The lowest BCUT2D eigenvalue weighted by Crippen LogP contribution is -2.49. The molecule has 1 aliphatic carbocycles. The summed E-state index contributed by atoms with van der Waals surface area (Å²) in [7, 11) is 2.18. The van der Waals surface area contributed by atoms with Crippen LogP contribution in [-0.4, -0.2) is 48.2 Å². The zero-order chi connectivity index (χ0) is 15.2. The summed E-state index contributed by atoms with van der Waals surface area (Å²) < 4.78 is 0. The van der Waals surface area contributed by atoms with E-state index >= 15 is 0 Å². The minimum absolute atomic E-state index is 0.704. The molecule has 0 amide bonds. The fourth-order valence-electron chi connectivity index (χ4n) is 2.68. The fraction of sp³-hybridized carbons (Fsp3) is 0.938. The second-order valence-electron chi connectivity index (χ2n) is 6.76. The summed E-state index contributed by atoms with van der Waals surface area (Å²) >= 11 is 0. The van der Waals surface area contributed by atoms with Crippen molar-refractivity contribution in [3.8, 4) is 0 Å². The van der Waals surface area contributed by atoms with Crippen LogP contribution in [0.4, 0.5) is 0 Å². The Morgan fingerprint density at radius 3 is 2.60 bits per heavy atom.